The second-order valence-electron chi connectivity index (χ2n) is 6.30. The lowest BCUT2D eigenvalue weighted by molar-refractivity contribution is 0.0713. The SMILES string of the molecule is O=c1ccccn1CCN1CCN(CC(O)c2ccccc2)CC1. The van der Waals surface area contributed by atoms with E-state index in [4.69, 9.17) is 0 Å². The lowest BCUT2D eigenvalue weighted by Gasteiger charge is -2.35. The minimum absolute atomic E-state index is 0.0575. The third-order valence-corrected chi connectivity index (χ3v) is 4.64. The second-order valence-corrected chi connectivity index (χ2v) is 6.30. The highest BCUT2D eigenvalue weighted by atomic mass is 16.3. The van der Waals surface area contributed by atoms with Crippen molar-refractivity contribution in [3.05, 3.63) is 70.6 Å². The lowest BCUT2D eigenvalue weighted by Crippen LogP contribution is -2.48. The average Bonchev–Trinajstić information content (AvgIpc) is 2.63. The molecule has 0 amide bonds. The van der Waals surface area contributed by atoms with E-state index in [0.717, 1.165) is 44.8 Å². The van der Waals surface area contributed by atoms with E-state index in [1.807, 2.05) is 42.6 Å². The van der Waals surface area contributed by atoms with Gasteiger partial charge >= 0.3 is 0 Å². The van der Waals surface area contributed by atoms with E-state index < -0.39 is 6.10 Å². The zero-order chi connectivity index (χ0) is 16.8. The Labute approximate surface area is 142 Å². The topological polar surface area (TPSA) is 48.7 Å². The number of pyridine rings is 1. The van der Waals surface area contributed by atoms with Crippen LogP contribution < -0.4 is 5.56 Å². The monoisotopic (exact) mass is 327 g/mol. The Morgan fingerprint density at radius 3 is 2.25 bits per heavy atom. The van der Waals surface area contributed by atoms with Gasteiger partial charge in [0.1, 0.15) is 0 Å². The molecule has 1 saturated heterocycles. The molecule has 1 unspecified atom stereocenters. The summed E-state index contributed by atoms with van der Waals surface area (Å²) in [7, 11) is 0. The highest BCUT2D eigenvalue weighted by molar-refractivity contribution is 5.17. The molecular weight excluding hydrogens is 302 g/mol. The minimum atomic E-state index is -0.430. The van der Waals surface area contributed by atoms with Crippen molar-refractivity contribution in [3.8, 4) is 0 Å². The Bertz CT molecular complexity index is 678. The van der Waals surface area contributed by atoms with Crippen LogP contribution in [-0.2, 0) is 6.54 Å². The first-order valence-corrected chi connectivity index (χ1v) is 8.55. The fourth-order valence-corrected chi connectivity index (χ4v) is 3.12. The first kappa shape index (κ1) is 16.9. The fourth-order valence-electron chi connectivity index (χ4n) is 3.12. The minimum Gasteiger partial charge on any atom is -0.387 e. The van der Waals surface area contributed by atoms with Gasteiger partial charge in [0.15, 0.2) is 0 Å². The van der Waals surface area contributed by atoms with Gasteiger partial charge in [0.05, 0.1) is 6.10 Å². The summed E-state index contributed by atoms with van der Waals surface area (Å²) in [5, 5.41) is 10.3. The molecule has 1 N–H and O–H groups in total. The van der Waals surface area contributed by atoms with Gasteiger partial charge < -0.3 is 9.67 Å². The van der Waals surface area contributed by atoms with Crippen molar-refractivity contribution in [3.63, 3.8) is 0 Å². The van der Waals surface area contributed by atoms with Crippen molar-refractivity contribution < 1.29 is 5.11 Å². The van der Waals surface area contributed by atoms with Gasteiger partial charge in [-0.2, -0.15) is 0 Å². The fraction of sp³-hybridized carbons (Fsp3) is 0.421. The van der Waals surface area contributed by atoms with Crippen LogP contribution in [0, 0.1) is 0 Å². The highest BCUT2D eigenvalue weighted by Crippen LogP contribution is 2.14. The molecule has 2 heterocycles. The van der Waals surface area contributed by atoms with Crippen molar-refractivity contribution in [1.29, 1.82) is 0 Å². The first-order valence-electron chi connectivity index (χ1n) is 8.55. The van der Waals surface area contributed by atoms with E-state index >= 15 is 0 Å². The molecule has 1 aromatic heterocycles. The third-order valence-electron chi connectivity index (χ3n) is 4.64. The van der Waals surface area contributed by atoms with Crippen LogP contribution in [0.4, 0.5) is 0 Å². The van der Waals surface area contributed by atoms with Crippen LogP contribution in [0.25, 0.3) is 0 Å². The lowest BCUT2D eigenvalue weighted by atomic mass is 10.1. The zero-order valence-corrected chi connectivity index (χ0v) is 13.9. The van der Waals surface area contributed by atoms with Gasteiger partial charge in [-0.1, -0.05) is 36.4 Å². The maximum absolute atomic E-state index is 11.7. The molecule has 1 aromatic carbocycles. The average molecular weight is 327 g/mol. The van der Waals surface area contributed by atoms with Crippen LogP contribution in [0.3, 0.4) is 0 Å². The van der Waals surface area contributed by atoms with Crippen LogP contribution in [0.2, 0.25) is 0 Å². The molecular formula is C19H25N3O2. The molecule has 0 radical (unpaired) electrons. The largest absolute Gasteiger partial charge is 0.387 e. The van der Waals surface area contributed by atoms with E-state index in [9.17, 15) is 9.90 Å². The van der Waals surface area contributed by atoms with Crippen molar-refractivity contribution in [2.45, 2.75) is 12.6 Å². The molecule has 2 aromatic rings. The van der Waals surface area contributed by atoms with Crippen LogP contribution in [0.15, 0.2) is 59.5 Å². The molecule has 1 atom stereocenters. The molecule has 24 heavy (non-hydrogen) atoms. The van der Waals surface area contributed by atoms with Crippen molar-refractivity contribution in [2.75, 3.05) is 39.3 Å². The highest BCUT2D eigenvalue weighted by Gasteiger charge is 2.19. The Balaban J connectivity index is 1.43. The number of hydrogen-bond donors (Lipinski definition) is 1. The number of aliphatic hydroxyl groups is 1. The number of aliphatic hydroxyl groups excluding tert-OH is 1. The van der Waals surface area contributed by atoms with Gasteiger partial charge in [-0.15, -0.1) is 0 Å². The second kappa shape index (κ2) is 8.24. The maximum atomic E-state index is 11.7. The van der Waals surface area contributed by atoms with Gasteiger partial charge in [0.2, 0.25) is 0 Å². The number of piperazine rings is 1. The predicted octanol–water partition coefficient (Wildman–Crippen LogP) is 1.20. The number of benzene rings is 1. The summed E-state index contributed by atoms with van der Waals surface area (Å²) >= 11 is 0. The molecule has 0 spiro atoms. The van der Waals surface area contributed by atoms with Crippen LogP contribution in [0.5, 0.6) is 0 Å². The third kappa shape index (κ3) is 4.54. The van der Waals surface area contributed by atoms with Gasteiger partial charge in [0.25, 0.3) is 5.56 Å². The summed E-state index contributed by atoms with van der Waals surface area (Å²) in [5.41, 5.74) is 1.03. The smallest absolute Gasteiger partial charge is 0.250 e. The molecule has 128 valence electrons. The molecule has 0 saturated carbocycles. The molecule has 5 nitrogen and oxygen atoms in total. The predicted molar refractivity (Wildman–Crippen MR) is 95.0 cm³/mol. The summed E-state index contributed by atoms with van der Waals surface area (Å²) in [4.78, 5) is 16.4. The van der Waals surface area contributed by atoms with Crippen LogP contribution in [-0.4, -0.2) is 58.7 Å². The summed E-state index contributed by atoms with van der Waals surface area (Å²) in [5.74, 6) is 0. The van der Waals surface area contributed by atoms with Crippen LogP contribution in [0.1, 0.15) is 11.7 Å². The summed E-state index contributed by atoms with van der Waals surface area (Å²) in [6, 6.07) is 15.1. The summed E-state index contributed by atoms with van der Waals surface area (Å²) in [6.07, 6.45) is 1.41. The standard InChI is InChI=1S/C19H25N3O2/c23-18(17-6-2-1-3-7-17)16-21-12-10-20(11-13-21)14-15-22-9-5-4-8-19(22)24/h1-9,18,23H,10-16H2. The Morgan fingerprint density at radius 1 is 0.875 bits per heavy atom. The number of rotatable bonds is 6. The number of hydrogen-bond acceptors (Lipinski definition) is 4. The van der Waals surface area contributed by atoms with E-state index in [1.54, 1.807) is 16.7 Å². The van der Waals surface area contributed by atoms with E-state index in [0.29, 0.717) is 6.54 Å². The van der Waals surface area contributed by atoms with Gasteiger partial charge in [-0.25, -0.2) is 0 Å². The molecule has 1 aliphatic rings. The quantitative estimate of drug-likeness (QED) is 0.866. The maximum Gasteiger partial charge on any atom is 0.250 e. The van der Waals surface area contributed by atoms with Gasteiger partial charge in [-0.05, 0) is 11.6 Å². The molecule has 1 aliphatic heterocycles. The van der Waals surface area contributed by atoms with E-state index in [-0.39, 0.29) is 5.56 Å². The van der Waals surface area contributed by atoms with Crippen LogP contribution >= 0.6 is 0 Å². The van der Waals surface area contributed by atoms with Gasteiger partial charge in [-0.3, -0.25) is 14.6 Å². The first-order chi connectivity index (χ1) is 11.7. The Morgan fingerprint density at radius 2 is 1.54 bits per heavy atom. The summed E-state index contributed by atoms with van der Waals surface area (Å²) < 4.78 is 1.76. The number of aromatic nitrogens is 1. The Kier molecular flexibility index (Phi) is 5.80. The van der Waals surface area contributed by atoms with Crippen molar-refractivity contribution in [2.24, 2.45) is 0 Å². The van der Waals surface area contributed by atoms with Crippen molar-refractivity contribution in [1.82, 2.24) is 14.4 Å². The van der Waals surface area contributed by atoms with E-state index in [1.165, 1.54) is 0 Å². The molecule has 5 heteroatoms. The number of β-amino-alcohol motifs (C(OH)–C–C–N with tert-alkyl or cyclic N) is 1. The molecule has 3 rings (SSSR count). The molecule has 1 fully saturated rings. The summed E-state index contributed by atoms with van der Waals surface area (Å²) in [6.45, 7) is 6.15. The molecule has 0 aliphatic carbocycles. The van der Waals surface area contributed by atoms with E-state index in [2.05, 4.69) is 9.80 Å². The van der Waals surface area contributed by atoms with Gasteiger partial charge in [0, 0.05) is 58.1 Å². The van der Waals surface area contributed by atoms with Crippen molar-refractivity contribution >= 4 is 0 Å². The number of nitrogens with zero attached hydrogens (tertiary/aromatic N) is 3. The molecule has 0 bridgehead atoms. The zero-order valence-electron chi connectivity index (χ0n) is 13.9. The normalized spacial score (nSPS) is 17.7. The Hall–Kier alpha value is -1.95.